The molecule has 0 amide bonds. The van der Waals surface area contributed by atoms with E-state index in [1.165, 1.54) is 0 Å². The molecule has 0 radical (unpaired) electrons. The van der Waals surface area contributed by atoms with Gasteiger partial charge in [-0.05, 0) is 25.9 Å². The van der Waals surface area contributed by atoms with Crippen LogP contribution in [0.15, 0.2) is 11.6 Å². The molecule has 2 N–H and O–H groups in total. The van der Waals surface area contributed by atoms with E-state index in [1.807, 2.05) is 12.3 Å². The summed E-state index contributed by atoms with van der Waals surface area (Å²) < 4.78 is 26.9. The Labute approximate surface area is 112 Å². The zero-order valence-corrected chi connectivity index (χ0v) is 12.1. The molecule has 18 heavy (non-hydrogen) atoms. The van der Waals surface area contributed by atoms with Crippen molar-refractivity contribution in [2.45, 2.75) is 30.9 Å². The van der Waals surface area contributed by atoms with Crippen molar-refractivity contribution >= 4 is 21.4 Å². The van der Waals surface area contributed by atoms with Crippen molar-refractivity contribution in [3.8, 4) is 0 Å². The average Bonchev–Trinajstić information content (AvgIpc) is 2.91. The molecule has 2 rings (SSSR count). The van der Waals surface area contributed by atoms with Gasteiger partial charge in [-0.1, -0.05) is 6.92 Å². The molecule has 1 unspecified atom stereocenters. The molecule has 1 aromatic heterocycles. The molecule has 0 aromatic carbocycles. The topological polar surface area (TPSA) is 71.1 Å². The maximum absolute atomic E-state index is 12.1. The first-order valence-electron chi connectivity index (χ1n) is 6.18. The number of piperidine rings is 1. The summed E-state index contributed by atoms with van der Waals surface area (Å²) in [6, 6.07) is 0. The lowest BCUT2D eigenvalue weighted by Crippen LogP contribution is -2.42. The van der Waals surface area contributed by atoms with E-state index in [-0.39, 0.29) is 11.2 Å². The zero-order chi connectivity index (χ0) is 13.0. The monoisotopic (exact) mass is 289 g/mol. The number of nitrogens with one attached hydrogen (secondary N) is 2. The minimum atomic E-state index is -3.18. The molecule has 7 heteroatoms. The fraction of sp³-hybridized carbons (Fsp3) is 0.727. The first-order chi connectivity index (χ1) is 8.59. The molecule has 0 aliphatic carbocycles. The Balaban J connectivity index is 1.88. The van der Waals surface area contributed by atoms with Crippen LogP contribution < -0.4 is 10.0 Å². The second-order valence-electron chi connectivity index (χ2n) is 4.61. The quantitative estimate of drug-likeness (QED) is 0.845. The van der Waals surface area contributed by atoms with Crippen molar-refractivity contribution in [1.29, 1.82) is 0 Å². The Bertz CT molecular complexity index is 453. The SMILES string of the molecule is CC(CNS(=O)(=O)C1CCNCC1)c1nccs1. The first kappa shape index (κ1) is 13.9. The van der Waals surface area contributed by atoms with Gasteiger partial charge < -0.3 is 5.32 Å². The second-order valence-corrected chi connectivity index (χ2v) is 7.59. The molecule has 0 spiro atoms. The predicted molar refractivity (Wildman–Crippen MR) is 73.3 cm³/mol. The molecule has 2 heterocycles. The number of rotatable bonds is 5. The van der Waals surface area contributed by atoms with Crippen LogP contribution in [0, 0.1) is 0 Å². The highest BCUT2D eigenvalue weighted by Gasteiger charge is 2.27. The fourth-order valence-corrected chi connectivity index (χ4v) is 4.30. The Kier molecular flexibility index (Phi) is 4.71. The summed E-state index contributed by atoms with van der Waals surface area (Å²) in [5.74, 6) is 0.126. The maximum Gasteiger partial charge on any atom is 0.214 e. The third-order valence-corrected chi connectivity index (χ3v) is 6.11. The van der Waals surface area contributed by atoms with Gasteiger partial charge in [0.1, 0.15) is 0 Å². The minimum absolute atomic E-state index is 0.126. The number of thiazole rings is 1. The van der Waals surface area contributed by atoms with Crippen molar-refractivity contribution in [3.63, 3.8) is 0 Å². The molecule has 0 bridgehead atoms. The predicted octanol–water partition coefficient (Wildman–Crippen LogP) is 0.918. The molecular formula is C11H19N3O2S2. The van der Waals surface area contributed by atoms with Crippen LogP contribution in [-0.4, -0.2) is 38.3 Å². The van der Waals surface area contributed by atoms with Gasteiger partial charge in [0.15, 0.2) is 0 Å². The number of aromatic nitrogens is 1. The summed E-state index contributed by atoms with van der Waals surface area (Å²) in [4.78, 5) is 4.20. The summed E-state index contributed by atoms with van der Waals surface area (Å²) in [6.07, 6.45) is 3.14. The van der Waals surface area contributed by atoms with Gasteiger partial charge in [0.05, 0.1) is 10.3 Å². The van der Waals surface area contributed by atoms with Crippen LogP contribution in [0.2, 0.25) is 0 Å². The van der Waals surface area contributed by atoms with Gasteiger partial charge in [0.2, 0.25) is 10.0 Å². The normalized spacial score (nSPS) is 19.8. The lowest BCUT2D eigenvalue weighted by atomic mass is 10.2. The molecule has 102 valence electrons. The van der Waals surface area contributed by atoms with Crippen molar-refractivity contribution in [2.24, 2.45) is 0 Å². The summed E-state index contributed by atoms with van der Waals surface area (Å²) >= 11 is 1.56. The summed E-state index contributed by atoms with van der Waals surface area (Å²) in [5.41, 5.74) is 0. The van der Waals surface area contributed by atoms with Gasteiger partial charge in [-0.25, -0.2) is 18.1 Å². The van der Waals surface area contributed by atoms with Crippen LogP contribution in [0.4, 0.5) is 0 Å². The molecule has 1 fully saturated rings. The highest BCUT2D eigenvalue weighted by atomic mass is 32.2. The summed E-state index contributed by atoms with van der Waals surface area (Å²) in [7, 11) is -3.18. The van der Waals surface area contributed by atoms with Crippen LogP contribution in [0.1, 0.15) is 30.7 Å². The molecule has 5 nitrogen and oxygen atoms in total. The van der Waals surface area contributed by atoms with Gasteiger partial charge in [0.25, 0.3) is 0 Å². The Morgan fingerprint density at radius 1 is 1.56 bits per heavy atom. The Hall–Kier alpha value is -0.500. The average molecular weight is 289 g/mol. The lowest BCUT2D eigenvalue weighted by molar-refractivity contribution is 0.488. The first-order valence-corrected chi connectivity index (χ1v) is 8.61. The van der Waals surface area contributed by atoms with Gasteiger partial charge in [0, 0.05) is 24.0 Å². The third kappa shape index (κ3) is 3.50. The molecule has 0 saturated carbocycles. The van der Waals surface area contributed by atoms with Crippen LogP contribution in [-0.2, 0) is 10.0 Å². The molecule has 1 atom stereocenters. The number of nitrogens with zero attached hydrogens (tertiary/aromatic N) is 1. The van der Waals surface area contributed by atoms with E-state index in [0.717, 1.165) is 18.1 Å². The molecule has 1 aliphatic rings. The van der Waals surface area contributed by atoms with E-state index < -0.39 is 10.0 Å². The van der Waals surface area contributed by atoms with Gasteiger partial charge >= 0.3 is 0 Å². The number of sulfonamides is 1. The number of hydrogen-bond donors (Lipinski definition) is 2. The van der Waals surface area contributed by atoms with E-state index in [0.29, 0.717) is 19.4 Å². The van der Waals surface area contributed by atoms with E-state index >= 15 is 0 Å². The molecule has 1 aromatic rings. The van der Waals surface area contributed by atoms with E-state index in [1.54, 1.807) is 17.5 Å². The van der Waals surface area contributed by atoms with Gasteiger partial charge in [-0.15, -0.1) is 11.3 Å². The minimum Gasteiger partial charge on any atom is -0.317 e. The van der Waals surface area contributed by atoms with E-state index in [4.69, 9.17) is 0 Å². The molecular weight excluding hydrogens is 270 g/mol. The fourth-order valence-electron chi connectivity index (χ4n) is 2.03. The second kappa shape index (κ2) is 6.10. The summed E-state index contributed by atoms with van der Waals surface area (Å²) in [5, 5.41) is 5.81. The van der Waals surface area contributed by atoms with Crippen molar-refractivity contribution in [1.82, 2.24) is 15.0 Å². The highest BCUT2D eigenvalue weighted by Crippen LogP contribution is 2.18. The van der Waals surface area contributed by atoms with Crippen LogP contribution in [0.3, 0.4) is 0 Å². The largest absolute Gasteiger partial charge is 0.317 e. The molecule has 1 aliphatic heterocycles. The van der Waals surface area contributed by atoms with Crippen LogP contribution in [0.25, 0.3) is 0 Å². The van der Waals surface area contributed by atoms with Crippen molar-refractivity contribution in [3.05, 3.63) is 16.6 Å². The number of hydrogen-bond acceptors (Lipinski definition) is 5. The third-order valence-electron chi connectivity index (χ3n) is 3.19. The lowest BCUT2D eigenvalue weighted by Gasteiger charge is -2.23. The van der Waals surface area contributed by atoms with Gasteiger partial charge in [-0.3, -0.25) is 0 Å². The standard InChI is InChI=1S/C11H19N3O2S2/c1-9(11-13-6-7-17-11)8-14-18(15,16)10-2-4-12-5-3-10/h6-7,9-10,12,14H,2-5,8H2,1H3. The zero-order valence-electron chi connectivity index (χ0n) is 10.4. The molecule has 1 saturated heterocycles. The smallest absolute Gasteiger partial charge is 0.214 e. The Morgan fingerprint density at radius 3 is 2.89 bits per heavy atom. The van der Waals surface area contributed by atoms with Crippen molar-refractivity contribution in [2.75, 3.05) is 19.6 Å². The summed E-state index contributed by atoms with van der Waals surface area (Å²) in [6.45, 7) is 3.99. The highest BCUT2D eigenvalue weighted by molar-refractivity contribution is 7.90. The van der Waals surface area contributed by atoms with Crippen molar-refractivity contribution < 1.29 is 8.42 Å². The van der Waals surface area contributed by atoms with E-state index in [2.05, 4.69) is 15.0 Å². The maximum atomic E-state index is 12.1. The van der Waals surface area contributed by atoms with Gasteiger partial charge in [-0.2, -0.15) is 0 Å². The van der Waals surface area contributed by atoms with Crippen LogP contribution >= 0.6 is 11.3 Å². The van der Waals surface area contributed by atoms with E-state index in [9.17, 15) is 8.42 Å². The van der Waals surface area contributed by atoms with Crippen LogP contribution in [0.5, 0.6) is 0 Å². The Morgan fingerprint density at radius 2 is 2.28 bits per heavy atom.